The molecule has 0 saturated heterocycles. The fourth-order valence-electron chi connectivity index (χ4n) is 0.974. The first-order valence-corrected chi connectivity index (χ1v) is 3.66. The summed E-state index contributed by atoms with van der Waals surface area (Å²) in [6, 6.07) is 0. The Kier molecular flexibility index (Phi) is 2.10. The van der Waals surface area contributed by atoms with Crippen molar-refractivity contribution in [3.63, 3.8) is 0 Å². The molecule has 0 atom stereocenters. The molecule has 12 heavy (non-hydrogen) atoms. The Morgan fingerprint density at radius 3 is 2.17 bits per heavy atom. The predicted octanol–water partition coefficient (Wildman–Crippen LogP) is 1.46. The SMILES string of the molecule is CC(C)(C)c1oc(=O)oc1C[O]. The first-order valence-electron chi connectivity index (χ1n) is 3.66. The van der Waals surface area contributed by atoms with E-state index in [1.165, 1.54) is 0 Å². The van der Waals surface area contributed by atoms with Gasteiger partial charge in [-0.2, -0.15) is 0 Å². The minimum absolute atomic E-state index is 0.104. The van der Waals surface area contributed by atoms with E-state index in [1.54, 1.807) is 0 Å². The molecule has 1 aromatic heterocycles. The normalized spacial score (nSPS) is 12.0. The zero-order valence-electron chi connectivity index (χ0n) is 7.34. The fraction of sp³-hybridized carbons (Fsp3) is 0.625. The second-order valence-electron chi connectivity index (χ2n) is 3.60. The van der Waals surface area contributed by atoms with E-state index in [2.05, 4.69) is 4.42 Å². The molecule has 4 nitrogen and oxygen atoms in total. The van der Waals surface area contributed by atoms with Gasteiger partial charge in [-0.1, -0.05) is 20.8 Å². The molecule has 0 saturated carbocycles. The van der Waals surface area contributed by atoms with Gasteiger partial charge in [0.25, 0.3) is 0 Å². The maximum atomic E-state index is 10.6. The molecular formula is C8H11O4. The molecule has 0 aliphatic heterocycles. The Morgan fingerprint density at radius 1 is 1.25 bits per heavy atom. The predicted molar refractivity (Wildman–Crippen MR) is 40.3 cm³/mol. The largest absolute Gasteiger partial charge is 0.519 e. The van der Waals surface area contributed by atoms with E-state index in [-0.39, 0.29) is 11.2 Å². The Hall–Kier alpha value is -1.03. The maximum absolute atomic E-state index is 10.6. The lowest BCUT2D eigenvalue weighted by atomic mass is 9.92. The number of hydrogen-bond acceptors (Lipinski definition) is 3. The molecule has 1 radical (unpaired) electrons. The highest BCUT2D eigenvalue weighted by Crippen LogP contribution is 2.24. The monoisotopic (exact) mass is 171 g/mol. The molecular weight excluding hydrogens is 160 g/mol. The summed E-state index contributed by atoms with van der Waals surface area (Å²) in [7, 11) is 0. The van der Waals surface area contributed by atoms with E-state index in [0.717, 1.165) is 0 Å². The van der Waals surface area contributed by atoms with Gasteiger partial charge in [0.1, 0.15) is 6.61 Å². The Balaban J connectivity index is 3.23. The summed E-state index contributed by atoms with van der Waals surface area (Å²) in [4.78, 5) is 10.6. The van der Waals surface area contributed by atoms with Crippen LogP contribution in [-0.4, -0.2) is 0 Å². The average molecular weight is 171 g/mol. The van der Waals surface area contributed by atoms with Crippen molar-refractivity contribution in [2.45, 2.75) is 32.8 Å². The summed E-state index contributed by atoms with van der Waals surface area (Å²) in [5, 5.41) is 10.5. The van der Waals surface area contributed by atoms with Gasteiger partial charge in [0.2, 0.25) is 0 Å². The van der Waals surface area contributed by atoms with Crippen LogP contribution in [0.4, 0.5) is 0 Å². The van der Waals surface area contributed by atoms with Crippen LogP contribution in [0.5, 0.6) is 0 Å². The molecule has 0 aliphatic rings. The van der Waals surface area contributed by atoms with Crippen LogP contribution in [0.15, 0.2) is 13.6 Å². The van der Waals surface area contributed by atoms with Crippen molar-refractivity contribution >= 4 is 0 Å². The third-order valence-electron chi connectivity index (χ3n) is 1.46. The van der Waals surface area contributed by atoms with E-state index in [0.29, 0.717) is 5.76 Å². The molecule has 0 N–H and O–H groups in total. The quantitative estimate of drug-likeness (QED) is 0.642. The van der Waals surface area contributed by atoms with Gasteiger partial charge in [0.15, 0.2) is 11.5 Å². The molecule has 0 spiro atoms. The molecule has 0 aromatic carbocycles. The van der Waals surface area contributed by atoms with Crippen LogP contribution in [-0.2, 0) is 17.1 Å². The van der Waals surface area contributed by atoms with Crippen molar-refractivity contribution in [1.29, 1.82) is 0 Å². The lowest BCUT2D eigenvalue weighted by Gasteiger charge is -2.13. The zero-order chi connectivity index (χ0) is 9.35. The first kappa shape index (κ1) is 9.06. The Bertz CT molecular complexity index is 313. The van der Waals surface area contributed by atoms with Crippen molar-refractivity contribution in [3.05, 3.63) is 22.1 Å². The van der Waals surface area contributed by atoms with Crippen LogP contribution in [0.2, 0.25) is 0 Å². The van der Waals surface area contributed by atoms with Crippen LogP contribution in [0.25, 0.3) is 0 Å². The molecule has 1 aromatic rings. The smallest absolute Gasteiger partial charge is 0.395 e. The Morgan fingerprint density at radius 2 is 1.83 bits per heavy atom. The third kappa shape index (κ3) is 1.58. The van der Waals surface area contributed by atoms with Crippen molar-refractivity contribution in [2.75, 3.05) is 0 Å². The lowest BCUT2D eigenvalue weighted by molar-refractivity contribution is 0.151. The van der Waals surface area contributed by atoms with E-state index in [4.69, 9.17) is 4.42 Å². The fourth-order valence-corrected chi connectivity index (χ4v) is 0.974. The van der Waals surface area contributed by atoms with E-state index < -0.39 is 12.4 Å². The standard InChI is InChI=1S/C8H11O4/c1-8(2,3)6-5(4-9)11-7(10)12-6/h4H2,1-3H3. The molecule has 4 heteroatoms. The van der Waals surface area contributed by atoms with Crippen molar-refractivity contribution < 1.29 is 13.9 Å². The summed E-state index contributed by atoms with van der Waals surface area (Å²) in [6.45, 7) is 4.98. The van der Waals surface area contributed by atoms with Gasteiger partial charge in [-0.15, -0.1) is 0 Å². The lowest BCUT2D eigenvalue weighted by Crippen LogP contribution is -2.12. The number of hydrogen-bond donors (Lipinski definition) is 0. The summed E-state index contributed by atoms with van der Waals surface area (Å²) >= 11 is 0. The molecule has 67 valence electrons. The second kappa shape index (κ2) is 2.79. The maximum Gasteiger partial charge on any atom is 0.519 e. The summed E-state index contributed by atoms with van der Waals surface area (Å²) < 4.78 is 9.30. The van der Waals surface area contributed by atoms with E-state index >= 15 is 0 Å². The van der Waals surface area contributed by atoms with Crippen molar-refractivity contribution in [2.24, 2.45) is 0 Å². The van der Waals surface area contributed by atoms with Gasteiger partial charge in [-0.25, -0.2) is 9.90 Å². The van der Waals surface area contributed by atoms with Crippen molar-refractivity contribution in [1.82, 2.24) is 0 Å². The minimum atomic E-state index is -0.800. The van der Waals surface area contributed by atoms with E-state index in [9.17, 15) is 9.90 Å². The summed E-state index contributed by atoms with van der Waals surface area (Å²) in [6.07, 6.45) is 0. The van der Waals surface area contributed by atoms with Gasteiger partial charge >= 0.3 is 5.82 Å². The van der Waals surface area contributed by atoms with Gasteiger partial charge in [0.05, 0.1) is 0 Å². The van der Waals surface area contributed by atoms with Crippen LogP contribution < -0.4 is 5.82 Å². The highest BCUT2D eigenvalue weighted by molar-refractivity contribution is 5.12. The highest BCUT2D eigenvalue weighted by atomic mass is 16.6. The van der Waals surface area contributed by atoms with Gasteiger partial charge in [-0.3, -0.25) is 0 Å². The van der Waals surface area contributed by atoms with Gasteiger partial charge in [-0.05, 0) is 0 Å². The highest BCUT2D eigenvalue weighted by Gasteiger charge is 2.25. The average Bonchev–Trinajstić information content (AvgIpc) is 2.29. The third-order valence-corrected chi connectivity index (χ3v) is 1.46. The molecule has 1 rings (SSSR count). The Labute approximate surface area is 69.8 Å². The summed E-state index contributed by atoms with van der Waals surface area (Å²) in [5.74, 6) is -0.347. The molecule has 0 fully saturated rings. The minimum Gasteiger partial charge on any atom is -0.395 e. The topological polar surface area (TPSA) is 63.2 Å². The second-order valence-corrected chi connectivity index (χ2v) is 3.60. The molecule has 0 bridgehead atoms. The molecule has 0 aliphatic carbocycles. The molecule has 0 unspecified atom stereocenters. The summed E-state index contributed by atoms with van der Waals surface area (Å²) in [5.41, 5.74) is -0.355. The van der Waals surface area contributed by atoms with E-state index in [1.807, 2.05) is 20.8 Å². The molecule has 1 heterocycles. The van der Waals surface area contributed by atoms with Crippen LogP contribution in [0.1, 0.15) is 32.3 Å². The van der Waals surface area contributed by atoms with Crippen LogP contribution >= 0.6 is 0 Å². The van der Waals surface area contributed by atoms with Crippen molar-refractivity contribution in [3.8, 4) is 0 Å². The van der Waals surface area contributed by atoms with Crippen LogP contribution in [0.3, 0.4) is 0 Å². The number of rotatable bonds is 1. The zero-order valence-corrected chi connectivity index (χ0v) is 7.34. The van der Waals surface area contributed by atoms with Crippen LogP contribution in [0, 0.1) is 0 Å². The van der Waals surface area contributed by atoms with Gasteiger partial charge in [0, 0.05) is 5.41 Å². The molecule has 0 amide bonds. The van der Waals surface area contributed by atoms with Gasteiger partial charge < -0.3 is 8.83 Å². The first-order chi connectivity index (χ1) is 5.45.